The van der Waals surface area contributed by atoms with Crippen molar-refractivity contribution >= 4 is 23.2 Å². The summed E-state index contributed by atoms with van der Waals surface area (Å²) in [6.07, 6.45) is 2.76. The third kappa shape index (κ3) is 1.85. The van der Waals surface area contributed by atoms with Gasteiger partial charge in [-0.05, 0) is 6.07 Å². The van der Waals surface area contributed by atoms with Gasteiger partial charge in [0.25, 0.3) is 5.91 Å². The molecule has 90 valence electrons. The van der Waals surface area contributed by atoms with Crippen molar-refractivity contribution in [1.82, 2.24) is 14.8 Å². The van der Waals surface area contributed by atoms with E-state index in [1.54, 1.807) is 0 Å². The number of pyridine rings is 1. The second-order valence-corrected chi connectivity index (χ2v) is 3.73. The molecule has 2 heterocycles. The summed E-state index contributed by atoms with van der Waals surface area (Å²) in [4.78, 5) is 15.0. The van der Waals surface area contributed by atoms with Crippen LogP contribution in [0.1, 0.15) is 16.1 Å². The fourth-order valence-electron chi connectivity index (χ4n) is 1.37. The molecule has 0 unspecified atom stereocenters. The normalized spacial score (nSPS) is 10.0. The van der Waals surface area contributed by atoms with E-state index < -0.39 is 5.91 Å². The Morgan fingerprint density at radius 3 is 2.83 bits per heavy atom. The zero-order valence-corrected chi connectivity index (χ0v) is 9.72. The van der Waals surface area contributed by atoms with Gasteiger partial charge in [0.05, 0.1) is 17.4 Å². The topological polar surface area (TPSA) is 124 Å². The van der Waals surface area contributed by atoms with Crippen molar-refractivity contribution in [3.63, 3.8) is 0 Å². The first-order valence-electron chi connectivity index (χ1n) is 4.74. The Hall–Kier alpha value is -2.59. The monoisotopic (exact) mass is 262 g/mol. The van der Waals surface area contributed by atoms with E-state index in [0.717, 1.165) is 0 Å². The number of nitriles is 1. The maximum Gasteiger partial charge on any atom is 0.271 e. The molecule has 0 radical (unpaired) electrons. The quantitative estimate of drug-likeness (QED) is 0.814. The number of halogens is 1. The number of rotatable bonds is 2. The zero-order valence-electron chi connectivity index (χ0n) is 8.96. The number of hydrogen-bond donors (Lipinski definition) is 2. The summed E-state index contributed by atoms with van der Waals surface area (Å²) in [5, 5.41) is 12.8. The number of nitrogen functional groups attached to an aromatic ring is 1. The third-order valence-electron chi connectivity index (χ3n) is 2.18. The fourth-order valence-corrected chi connectivity index (χ4v) is 1.61. The van der Waals surface area contributed by atoms with E-state index in [1.165, 1.54) is 23.1 Å². The number of aromatic nitrogens is 3. The van der Waals surface area contributed by atoms with E-state index in [0.29, 0.717) is 0 Å². The lowest BCUT2D eigenvalue weighted by molar-refractivity contribution is 0.0996. The number of carbonyl (C=O) groups is 1. The van der Waals surface area contributed by atoms with Crippen LogP contribution in [0.4, 0.5) is 5.69 Å². The van der Waals surface area contributed by atoms with Gasteiger partial charge < -0.3 is 11.5 Å². The van der Waals surface area contributed by atoms with E-state index in [-0.39, 0.29) is 27.8 Å². The van der Waals surface area contributed by atoms with Crippen molar-refractivity contribution in [2.75, 3.05) is 5.73 Å². The molecule has 4 N–H and O–H groups in total. The third-order valence-corrected chi connectivity index (χ3v) is 2.56. The molecule has 0 spiro atoms. The fraction of sp³-hybridized carbons (Fsp3) is 0. The van der Waals surface area contributed by atoms with Crippen LogP contribution in [0, 0.1) is 11.3 Å². The molecule has 7 nitrogen and oxygen atoms in total. The average Bonchev–Trinajstić information content (AvgIpc) is 2.71. The minimum Gasteiger partial charge on any atom is -0.396 e. The van der Waals surface area contributed by atoms with Gasteiger partial charge in [-0.15, -0.1) is 0 Å². The molecule has 0 aromatic carbocycles. The van der Waals surface area contributed by atoms with Crippen LogP contribution >= 0.6 is 11.6 Å². The van der Waals surface area contributed by atoms with Gasteiger partial charge in [0.1, 0.15) is 11.1 Å². The molecule has 0 aliphatic carbocycles. The maximum atomic E-state index is 11.0. The van der Waals surface area contributed by atoms with Gasteiger partial charge in [-0.3, -0.25) is 4.79 Å². The average molecular weight is 263 g/mol. The zero-order chi connectivity index (χ0) is 13.3. The number of nitrogens with zero attached hydrogens (tertiary/aromatic N) is 4. The lowest BCUT2D eigenvalue weighted by Crippen LogP contribution is -2.14. The molecule has 8 heteroatoms. The molecular formula is C10H7ClN6O. The van der Waals surface area contributed by atoms with Crippen molar-refractivity contribution in [2.24, 2.45) is 5.73 Å². The molecule has 0 aliphatic heterocycles. The first-order chi connectivity index (χ1) is 8.54. The number of primary amides is 1. The van der Waals surface area contributed by atoms with Crippen LogP contribution in [-0.4, -0.2) is 20.7 Å². The molecule has 2 aromatic heterocycles. The summed E-state index contributed by atoms with van der Waals surface area (Å²) in [6, 6.07) is 3.38. The number of amides is 1. The highest BCUT2D eigenvalue weighted by Gasteiger charge is 2.15. The Morgan fingerprint density at radius 1 is 1.56 bits per heavy atom. The summed E-state index contributed by atoms with van der Waals surface area (Å²) in [7, 11) is 0. The van der Waals surface area contributed by atoms with Gasteiger partial charge in [0.15, 0.2) is 11.5 Å². The summed E-state index contributed by atoms with van der Waals surface area (Å²) >= 11 is 5.98. The number of carbonyl (C=O) groups excluding carboxylic acids is 1. The van der Waals surface area contributed by atoms with Crippen LogP contribution in [-0.2, 0) is 0 Å². The van der Waals surface area contributed by atoms with E-state index in [4.69, 9.17) is 28.3 Å². The largest absolute Gasteiger partial charge is 0.396 e. The minimum absolute atomic E-state index is 0.0739. The highest BCUT2D eigenvalue weighted by atomic mass is 35.5. The summed E-state index contributed by atoms with van der Waals surface area (Å²) < 4.78 is 1.21. The lowest BCUT2D eigenvalue weighted by atomic mass is 10.3. The first kappa shape index (κ1) is 11.9. The van der Waals surface area contributed by atoms with Crippen LogP contribution in [0.3, 0.4) is 0 Å². The molecule has 0 atom stereocenters. The number of nitrogens with two attached hydrogens (primary N) is 2. The molecule has 1 amide bonds. The van der Waals surface area contributed by atoms with Gasteiger partial charge >= 0.3 is 0 Å². The van der Waals surface area contributed by atoms with Crippen molar-refractivity contribution < 1.29 is 4.79 Å². The molecule has 2 aromatic rings. The van der Waals surface area contributed by atoms with Gasteiger partial charge in [-0.2, -0.15) is 10.4 Å². The number of hydrogen-bond acceptors (Lipinski definition) is 5. The molecule has 0 bridgehead atoms. The van der Waals surface area contributed by atoms with Crippen molar-refractivity contribution in [3.05, 3.63) is 34.7 Å². The molecular weight excluding hydrogens is 256 g/mol. The first-order valence-corrected chi connectivity index (χ1v) is 5.12. The Kier molecular flexibility index (Phi) is 2.87. The van der Waals surface area contributed by atoms with Crippen LogP contribution in [0.25, 0.3) is 5.82 Å². The second kappa shape index (κ2) is 4.35. The molecule has 2 rings (SSSR count). The smallest absolute Gasteiger partial charge is 0.271 e. The van der Waals surface area contributed by atoms with Gasteiger partial charge in [-0.25, -0.2) is 9.67 Å². The number of anilines is 1. The van der Waals surface area contributed by atoms with E-state index in [1.807, 2.05) is 6.07 Å². The SMILES string of the molecule is N#Cc1ccnc(-n2cc(N)c(C(N)=O)n2)c1Cl. The van der Waals surface area contributed by atoms with Crippen LogP contribution in [0.15, 0.2) is 18.5 Å². The summed E-state index contributed by atoms with van der Waals surface area (Å²) in [6.45, 7) is 0. The molecule has 0 saturated heterocycles. The van der Waals surface area contributed by atoms with Crippen molar-refractivity contribution in [3.8, 4) is 11.9 Å². The highest BCUT2D eigenvalue weighted by Crippen LogP contribution is 2.22. The van der Waals surface area contributed by atoms with E-state index in [2.05, 4.69) is 10.1 Å². The Morgan fingerprint density at radius 2 is 2.28 bits per heavy atom. The van der Waals surface area contributed by atoms with Crippen molar-refractivity contribution in [2.45, 2.75) is 0 Å². The summed E-state index contributed by atoms with van der Waals surface area (Å²) in [5.41, 5.74) is 11.0. The van der Waals surface area contributed by atoms with Gasteiger partial charge in [-0.1, -0.05) is 11.6 Å². The standard InChI is InChI=1S/C10H7ClN6O/c11-7-5(3-12)1-2-15-10(7)17-4-6(13)8(16-17)9(14)18/h1-2,4H,13H2,(H2,14,18). The van der Waals surface area contributed by atoms with Gasteiger partial charge in [0, 0.05) is 6.20 Å². The van der Waals surface area contributed by atoms with Crippen LogP contribution in [0.2, 0.25) is 5.02 Å². The van der Waals surface area contributed by atoms with Crippen molar-refractivity contribution in [1.29, 1.82) is 5.26 Å². The van der Waals surface area contributed by atoms with Crippen LogP contribution in [0.5, 0.6) is 0 Å². The Labute approximate surface area is 107 Å². The Bertz CT molecular complexity index is 671. The van der Waals surface area contributed by atoms with E-state index >= 15 is 0 Å². The second-order valence-electron chi connectivity index (χ2n) is 3.35. The lowest BCUT2D eigenvalue weighted by Gasteiger charge is -2.03. The molecule has 18 heavy (non-hydrogen) atoms. The minimum atomic E-state index is -0.751. The molecule has 0 fully saturated rings. The predicted octanol–water partition coefficient (Wildman–Crippen LogP) is 0.473. The predicted molar refractivity (Wildman–Crippen MR) is 64.0 cm³/mol. The van der Waals surface area contributed by atoms with E-state index in [9.17, 15) is 4.79 Å². The molecule has 0 saturated carbocycles. The maximum absolute atomic E-state index is 11.0. The Balaban J connectivity index is 2.60. The highest BCUT2D eigenvalue weighted by molar-refractivity contribution is 6.33. The van der Waals surface area contributed by atoms with Gasteiger partial charge in [0.2, 0.25) is 0 Å². The summed E-state index contributed by atoms with van der Waals surface area (Å²) in [5.74, 6) is -0.547. The molecule has 0 aliphatic rings. The van der Waals surface area contributed by atoms with Crippen LogP contribution < -0.4 is 11.5 Å².